The molecule has 1 aromatic rings. The molecule has 0 bridgehead atoms. The first-order chi connectivity index (χ1) is 9.42. The van der Waals surface area contributed by atoms with Crippen LogP contribution in [0.15, 0.2) is 17.4 Å². The fraction of sp³-hybridized carbons (Fsp3) is 0.733. The Balaban J connectivity index is 0.00000400. The van der Waals surface area contributed by atoms with Gasteiger partial charge in [-0.15, -0.1) is 24.0 Å². The van der Waals surface area contributed by atoms with Gasteiger partial charge in [0.05, 0.1) is 0 Å². The summed E-state index contributed by atoms with van der Waals surface area (Å²) in [6.07, 6.45) is 6.09. The first kappa shape index (κ1) is 20.2. The van der Waals surface area contributed by atoms with Gasteiger partial charge in [-0.25, -0.2) is 4.98 Å². The third-order valence-electron chi connectivity index (χ3n) is 2.84. The summed E-state index contributed by atoms with van der Waals surface area (Å²) in [6, 6.07) is 0. The molecule has 1 rings (SSSR count). The molecule has 6 heteroatoms. The summed E-state index contributed by atoms with van der Waals surface area (Å²) in [6.45, 7) is 13.3. The zero-order valence-electron chi connectivity index (χ0n) is 13.9. The summed E-state index contributed by atoms with van der Waals surface area (Å²) >= 11 is 0. The van der Waals surface area contributed by atoms with Crippen LogP contribution in [0, 0.1) is 6.92 Å². The lowest BCUT2D eigenvalue weighted by atomic mass is 10.1. The Labute approximate surface area is 146 Å². The molecule has 21 heavy (non-hydrogen) atoms. The Morgan fingerprint density at radius 1 is 1.33 bits per heavy atom. The predicted octanol–water partition coefficient (Wildman–Crippen LogP) is 2.94. The van der Waals surface area contributed by atoms with Gasteiger partial charge >= 0.3 is 0 Å². The van der Waals surface area contributed by atoms with E-state index < -0.39 is 0 Å². The van der Waals surface area contributed by atoms with Gasteiger partial charge in [-0.05, 0) is 47.5 Å². The number of nitrogens with zero attached hydrogens (tertiary/aromatic N) is 3. The van der Waals surface area contributed by atoms with E-state index in [0.29, 0.717) is 0 Å². The molecule has 1 heterocycles. The number of guanidine groups is 1. The van der Waals surface area contributed by atoms with E-state index >= 15 is 0 Å². The number of aliphatic imine (C=N–C) groups is 1. The lowest BCUT2D eigenvalue weighted by Crippen LogP contribution is -2.47. The maximum absolute atomic E-state index is 4.61. The summed E-state index contributed by atoms with van der Waals surface area (Å²) in [7, 11) is 0. The van der Waals surface area contributed by atoms with Crippen LogP contribution in [0.1, 0.15) is 46.4 Å². The Hall–Kier alpha value is -0.790. The number of imidazole rings is 1. The molecule has 0 atom stereocenters. The molecule has 2 N–H and O–H groups in total. The maximum atomic E-state index is 4.61. The van der Waals surface area contributed by atoms with Gasteiger partial charge in [-0.3, -0.25) is 4.99 Å². The fourth-order valence-corrected chi connectivity index (χ4v) is 1.89. The molecule has 0 aliphatic carbocycles. The van der Waals surface area contributed by atoms with E-state index in [2.05, 4.69) is 52.9 Å². The van der Waals surface area contributed by atoms with E-state index in [1.165, 1.54) is 0 Å². The van der Waals surface area contributed by atoms with Crippen molar-refractivity contribution in [2.45, 2.75) is 59.5 Å². The van der Waals surface area contributed by atoms with Crippen molar-refractivity contribution >= 4 is 29.9 Å². The average molecular weight is 407 g/mol. The van der Waals surface area contributed by atoms with E-state index in [1.54, 1.807) is 0 Å². The number of hydrogen-bond acceptors (Lipinski definition) is 2. The fourth-order valence-electron chi connectivity index (χ4n) is 1.89. The summed E-state index contributed by atoms with van der Waals surface area (Å²) in [5.41, 5.74) is 0.0366. The lowest BCUT2D eigenvalue weighted by molar-refractivity contribution is 0.500. The molecule has 0 saturated heterocycles. The minimum Gasteiger partial charge on any atom is -0.357 e. The SMILES string of the molecule is CCNC(=NCCCCn1ccnc1C)NC(C)(C)C.I. The van der Waals surface area contributed by atoms with Crippen LogP contribution in [-0.2, 0) is 6.54 Å². The van der Waals surface area contributed by atoms with Gasteiger partial charge in [-0.2, -0.15) is 0 Å². The van der Waals surface area contributed by atoms with E-state index in [0.717, 1.165) is 44.3 Å². The standard InChI is InChI=1S/C15H29N5.HI/c1-6-16-14(19-15(3,4)5)18-9-7-8-11-20-12-10-17-13(20)2;/h10,12H,6-9,11H2,1-5H3,(H2,16,18,19);1H. The number of nitrogens with one attached hydrogen (secondary N) is 2. The van der Waals surface area contributed by atoms with Crippen molar-refractivity contribution in [3.63, 3.8) is 0 Å². The van der Waals surface area contributed by atoms with Crippen LogP contribution in [0.25, 0.3) is 0 Å². The van der Waals surface area contributed by atoms with Crippen molar-refractivity contribution < 1.29 is 0 Å². The zero-order valence-corrected chi connectivity index (χ0v) is 16.3. The van der Waals surface area contributed by atoms with Crippen LogP contribution in [-0.4, -0.2) is 34.1 Å². The maximum Gasteiger partial charge on any atom is 0.191 e. The normalized spacial score (nSPS) is 12.0. The number of rotatable bonds is 6. The molecule has 0 unspecified atom stereocenters. The quantitative estimate of drug-likeness (QED) is 0.330. The van der Waals surface area contributed by atoms with Gasteiger partial charge in [0, 0.05) is 37.6 Å². The number of aromatic nitrogens is 2. The molecule has 0 fully saturated rings. The molecule has 5 nitrogen and oxygen atoms in total. The monoisotopic (exact) mass is 407 g/mol. The first-order valence-corrected chi connectivity index (χ1v) is 7.46. The zero-order chi connectivity index (χ0) is 15.0. The Morgan fingerprint density at radius 2 is 2.05 bits per heavy atom. The number of hydrogen-bond donors (Lipinski definition) is 2. The Kier molecular flexibility index (Phi) is 9.65. The van der Waals surface area contributed by atoms with Crippen molar-refractivity contribution in [2.24, 2.45) is 4.99 Å². The van der Waals surface area contributed by atoms with Crippen LogP contribution < -0.4 is 10.6 Å². The molecular formula is C15H30IN5. The summed E-state index contributed by atoms with van der Waals surface area (Å²) in [5, 5.41) is 6.67. The lowest BCUT2D eigenvalue weighted by Gasteiger charge is -2.23. The van der Waals surface area contributed by atoms with Crippen molar-refractivity contribution in [3.05, 3.63) is 18.2 Å². The topological polar surface area (TPSA) is 54.2 Å². The van der Waals surface area contributed by atoms with Gasteiger partial charge in [-0.1, -0.05) is 0 Å². The molecule has 0 saturated carbocycles. The Morgan fingerprint density at radius 3 is 2.57 bits per heavy atom. The van der Waals surface area contributed by atoms with Crippen LogP contribution in [0.2, 0.25) is 0 Å². The highest BCUT2D eigenvalue weighted by Gasteiger charge is 2.11. The van der Waals surface area contributed by atoms with Crippen molar-refractivity contribution in [1.82, 2.24) is 20.2 Å². The molecule has 0 aromatic carbocycles. The van der Waals surface area contributed by atoms with Gasteiger partial charge in [0.2, 0.25) is 0 Å². The highest BCUT2D eigenvalue weighted by atomic mass is 127. The smallest absolute Gasteiger partial charge is 0.191 e. The first-order valence-electron chi connectivity index (χ1n) is 7.46. The molecule has 0 spiro atoms. The van der Waals surface area contributed by atoms with Crippen molar-refractivity contribution in [2.75, 3.05) is 13.1 Å². The molecular weight excluding hydrogens is 377 g/mol. The predicted molar refractivity (Wildman–Crippen MR) is 100 cm³/mol. The van der Waals surface area contributed by atoms with Gasteiger partial charge < -0.3 is 15.2 Å². The largest absolute Gasteiger partial charge is 0.357 e. The average Bonchev–Trinajstić information content (AvgIpc) is 2.73. The molecule has 1 aromatic heterocycles. The van der Waals surface area contributed by atoms with Crippen LogP contribution in [0.4, 0.5) is 0 Å². The molecule has 0 aliphatic heterocycles. The Bertz CT molecular complexity index is 420. The van der Waals surface area contributed by atoms with E-state index in [4.69, 9.17) is 0 Å². The minimum absolute atomic E-state index is 0. The van der Waals surface area contributed by atoms with Crippen LogP contribution in [0.5, 0.6) is 0 Å². The van der Waals surface area contributed by atoms with Gasteiger partial charge in [0.1, 0.15) is 5.82 Å². The van der Waals surface area contributed by atoms with Gasteiger partial charge in [0.25, 0.3) is 0 Å². The summed E-state index contributed by atoms with van der Waals surface area (Å²) < 4.78 is 2.18. The molecule has 0 amide bonds. The second-order valence-electron chi connectivity index (χ2n) is 6.01. The third kappa shape index (κ3) is 8.95. The highest BCUT2D eigenvalue weighted by molar-refractivity contribution is 14.0. The molecule has 0 radical (unpaired) electrons. The molecule has 0 aliphatic rings. The summed E-state index contributed by atoms with van der Waals surface area (Å²) in [5.74, 6) is 1.98. The van der Waals surface area contributed by atoms with Crippen molar-refractivity contribution in [1.29, 1.82) is 0 Å². The minimum atomic E-state index is 0. The second-order valence-corrected chi connectivity index (χ2v) is 6.01. The van der Waals surface area contributed by atoms with Crippen molar-refractivity contribution in [3.8, 4) is 0 Å². The number of halogens is 1. The highest BCUT2D eigenvalue weighted by Crippen LogP contribution is 2.01. The van der Waals surface area contributed by atoms with Crippen LogP contribution in [0.3, 0.4) is 0 Å². The van der Waals surface area contributed by atoms with E-state index in [1.807, 2.05) is 19.3 Å². The van der Waals surface area contributed by atoms with Gasteiger partial charge in [0.15, 0.2) is 5.96 Å². The number of aryl methyl sites for hydroxylation is 2. The third-order valence-corrected chi connectivity index (χ3v) is 2.84. The summed E-state index contributed by atoms with van der Waals surface area (Å²) in [4.78, 5) is 8.83. The number of unbranched alkanes of at least 4 members (excludes halogenated alkanes) is 1. The van der Waals surface area contributed by atoms with Crippen LogP contribution >= 0.6 is 24.0 Å². The second kappa shape index (κ2) is 10.0. The van der Waals surface area contributed by atoms with E-state index in [-0.39, 0.29) is 29.5 Å². The van der Waals surface area contributed by atoms with E-state index in [9.17, 15) is 0 Å². The molecule has 122 valence electrons.